The number of nitrogens with one attached hydrogen (secondary N) is 1. The minimum Gasteiger partial charge on any atom is -0.325 e. The van der Waals surface area contributed by atoms with Crippen LogP contribution in [0.3, 0.4) is 0 Å². The van der Waals surface area contributed by atoms with Crippen molar-refractivity contribution in [1.29, 1.82) is 0 Å². The number of halogens is 1. The quantitative estimate of drug-likeness (QED) is 0.677. The molecule has 8 heteroatoms. The number of aromatic nitrogens is 4. The third-order valence-electron chi connectivity index (χ3n) is 4.16. The predicted octanol–water partition coefficient (Wildman–Crippen LogP) is 3.77. The largest absolute Gasteiger partial charge is 0.325 e. The zero-order valence-corrected chi connectivity index (χ0v) is 16.4. The van der Waals surface area contributed by atoms with Crippen molar-refractivity contribution >= 4 is 23.4 Å². The fourth-order valence-corrected chi connectivity index (χ4v) is 3.65. The number of hydrogen-bond acceptors (Lipinski definition) is 5. The minimum absolute atomic E-state index is 0.111. The van der Waals surface area contributed by atoms with Crippen LogP contribution in [0.2, 0.25) is 0 Å². The van der Waals surface area contributed by atoms with E-state index in [0.717, 1.165) is 16.8 Å². The molecule has 0 radical (unpaired) electrons. The van der Waals surface area contributed by atoms with Crippen LogP contribution in [-0.4, -0.2) is 31.9 Å². The summed E-state index contributed by atoms with van der Waals surface area (Å²) in [4.78, 5) is 12.3. The normalized spacial score (nSPS) is 10.9. The predicted molar refractivity (Wildman–Crippen MR) is 104 cm³/mol. The molecule has 1 amide bonds. The number of carbonyl (C=O) groups excluding carboxylic acids is 1. The lowest BCUT2D eigenvalue weighted by Crippen LogP contribution is -2.16. The molecule has 1 heterocycles. The summed E-state index contributed by atoms with van der Waals surface area (Å²) in [6.07, 6.45) is 0. The third kappa shape index (κ3) is 4.16. The second-order valence-electron chi connectivity index (χ2n) is 6.37. The number of benzene rings is 2. The monoisotopic (exact) mass is 385 g/mol. The van der Waals surface area contributed by atoms with Gasteiger partial charge in [-0.2, -0.15) is 4.68 Å². The fourth-order valence-electron chi connectivity index (χ4n) is 2.98. The van der Waals surface area contributed by atoms with Crippen LogP contribution < -0.4 is 5.32 Å². The molecule has 0 bridgehead atoms. The first-order chi connectivity index (χ1) is 12.9. The van der Waals surface area contributed by atoms with Crippen LogP contribution in [0.1, 0.15) is 22.3 Å². The molecule has 27 heavy (non-hydrogen) atoms. The highest BCUT2D eigenvalue weighted by Gasteiger charge is 2.16. The summed E-state index contributed by atoms with van der Waals surface area (Å²) in [7, 11) is 0. The zero-order chi connectivity index (χ0) is 19.6. The molecule has 0 spiro atoms. The molecule has 3 aromatic rings. The van der Waals surface area contributed by atoms with Gasteiger partial charge in [0.1, 0.15) is 5.82 Å². The van der Waals surface area contributed by atoms with Crippen molar-refractivity contribution in [2.24, 2.45) is 0 Å². The highest BCUT2D eigenvalue weighted by atomic mass is 32.2. The SMILES string of the molecule is Cc1cc(C)c(-n2nnnc2SCC(=O)Nc2cccc(F)c2C)c(C)c1. The number of rotatable bonds is 5. The van der Waals surface area contributed by atoms with Crippen molar-refractivity contribution in [3.63, 3.8) is 0 Å². The molecule has 140 valence electrons. The van der Waals surface area contributed by atoms with Gasteiger partial charge in [-0.05, 0) is 61.4 Å². The number of hydrogen-bond donors (Lipinski definition) is 1. The molecule has 0 saturated carbocycles. The lowest BCUT2D eigenvalue weighted by Gasteiger charge is -2.12. The number of carbonyl (C=O) groups is 1. The third-order valence-corrected chi connectivity index (χ3v) is 5.08. The van der Waals surface area contributed by atoms with E-state index in [9.17, 15) is 9.18 Å². The van der Waals surface area contributed by atoms with Crippen LogP contribution in [0, 0.1) is 33.5 Å². The molecule has 3 rings (SSSR count). The molecule has 0 atom stereocenters. The van der Waals surface area contributed by atoms with Crippen LogP contribution >= 0.6 is 11.8 Å². The molecule has 0 aliphatic rings. The first-order valence-electron chi connectivity index (χ1n) is 8.41. The Morgan fingerprint density at radius 2 is 1.89 bits per heavy atom. The highest BCUT2D eigenvalue weighted by molar-refractivity contribution is 7.99. The van der Waals surface area contributed by atoms with Crippen molar-refractivity contribution in [3.05, 3.63) is 58.4 Å². The summed E-state index contributed by atoms with van der Waals surface area (Å²) in [6, 6.07) is 8.73. The second-order valence-corrected chi connectivity index (χ2v) is 7.31. The van der Waals surface area contributed by atoms with E-state index in [2.05, 4.69) is 33.0 Å². The molecule has 0 unspecified atom stereocenters. The van der Waals surface area contributed by atoms with Gasteiger partial charge in [0.15, 0.2) is 0 Å². The Bertz CT molecular complexity index is 979. The van der Waals surface area contributed by atoms with Crippen molar-refractivity contribution in [2.45, 2.75) is 32.9 Å². The van der Waals surface area contributed by atoms with Crippen LogP contribution in [0.25, 0.3) is 5.69 Å². The van der Waals surface area contributed by atoms with E-state index in [1.807, 2.05) is 20.8 Å². The van der Waals surface area contributed by atoms with Gasteiger partial charge >= 0.3 is 0 Å². The van der Waals surface area contributed by atoms with E-state index >= 15 is 0 Å². The molecular weight excluding hydrogens is 365 g/mol. The smallest absolute Gasteiger partial charge is 0.234 e. The first-order valence-corrected chi connectivity index (χ1v) is 9.39. The maximum Gasteiger partial charge on any atom is 0.234 e. The maximum absolute atomic E-state index is 13.6. The molecule has 1 N–H and O–H groups in total. The van der Waals surface area contributed by atoms with Gasteiger partial charge in [0.05, 0.1) is 11.4 Å². The fraction of sp³-hybridized carbons (Fsp3) is 0.263. The van der Waals surface area contributed by atoms with Gasteiger partial charge in [-0.15, -0.1) is 5.10 Å². The molecule has 2 aromatic carbocycles. The standard InChI is InChI=1S/C19H20FN5OS/c1-11-8-12(2)18(13(3)9-11)25-19(22-23-24-25)27-10-17(26)21-16-7-5-6-15(20)14(16)4/h5-9H,10H2,1-4H3,(H,21,26). The minimum atomic E-state index is -0.352. The summed E-state index contributed by atoms with van der Waals surface area (Å²) in [6.45, 7) is 7.68. The molecule has 0 aliphatic heterocycles. The Balaban J connectivity index is 1.74. The van der Waals surface area contributed by atoms with Gasteiger partial charge in [0, 0.05) is 11.3 Å². The first kappa shape index (κ1) is 19.0. The summed E-state index contributed by atoms with van der Waals surface area (Å²) in [5, 5.41) is 15.1. The molecule has 0 aliphatic carbocycles. The van der Waals surface area contributed by atoms with Gasteiger partial charge in [0.25, 0.3) is 0 Å². The van der Waals surface area contributed by atoms with Gasteiger partial charge in [0.2, 0.25) is 11.1 Å². The van der Waals surface area contributed by atoms with E-state index in [1.54, 1.807) is 23.7 Å². The number of anilines is 1. The molecule has 0 fully saturated rings. The number of nitrogens with zero attached hydrogens (tertiary/aromatic N) is 4. The van der Waals surface area contributed by atoms with E-state index in [0.29, 0.717) is 16.4 Å². The summed E-state index contributed by atoms with van der Waals surface area (Å²) < 4.78 is 15.2. The summed E-state index contributed by atoms with van der Waals surface area (Å²) in [5.41, 5.74) is 5.07. The van der Waals surface area contributed by atoms with Crippen molar-refractivity contribution in [1.82, 2.24) is 20.2 Å². The Morgan fingerprint density at radius 1 is 1.19 bits per heavy atom. The average Bonchev–Trinajstić information content (AvgIpc) is 3.04. The maximum atomic E-state index is 13.6. The van der Waals surface area contributed by atoms with E-state index in [4.69, 9.17) is 0 Å². The lowest BCUT2D eigenvalue weighted by molar-refractivity contribution is -0.113. The summed E-state index contributed by atoms with van der Waals surface area (Å²) in [5.74, 6) is -0.490. The molecule has 0 saturated heterocycles. The summed E-state index contributed by atoms with van der Waals surface area (Å²) >= 11 is 1.23. The van der Waals surface area contributed by atoms with Gasteiger partial charge < -0.3 is 5.32 Å². The second kappa shape index (κ2) is 7.87. The van der Waals surface area contributed by atoms with E-state index < -0.39 is 0 Å². The Labute approximate surface area is 161 Å². The zero-order valence-electron chi connectivity index (χ0n) is 15.6. The van der Waals surface area contributed by atoms with E-state index in [-0.39, 0.29) is 17.5 Å². The molecule has 6 nitrogen and oxygen atoms in total. The Morgan fingerprint density at radius 3 is 2.59 bits per heavy atom. The number of amides is 1. The highest BCUT2D eigenvalue weighted by Crippen LogP contribution is 2.25. The number of aryl methyl sites for hydroxylation is 3. The number of tetrazole rings is 1. The Hall–Kier alpha value is -2.74. The van der Waals surface area contributed by atoms with Crippen molar-refractivity contribution in [2.75, 3.05) is 11.1 Å². The van der Waals surface area contributed by atoms with Crippen molar-refractivity contribution in [3.8, 4) is 5.69 Å². The lowest BCUT2D eigenvalue weighted by atomic mass is 10.1. The van der Waals surface area contributed by atoms with Crippen LogP contribution in [0.4, 0.5) is 10.1 Å². The molecular formula is C19H20FN5OS. The topological polar surface area (TPSA) is 72.7 Å². The molecule has 1 aromatic heterocycles. The van der Waals surface area contributed by atoms with Crippen LogP contribution in [-0.2, 0) is 4.79 Å². The van der Waals surface area contributed by atoms with E-state index in [1.165, 1.54) is 23.4 Å². The average molecular weight is 385 g/mol. The van der Waals surface area contributed by atoms with Gasteiger partial charge in [-0.25, -0.2) is 4.39 Å². The number of thioether (sulfide) groups is 1. The van der Waals surface area contributed by atoms with Gasteiger partial charge in [-0.1, -0.05) is 35.5 Å². The van der Waals surface area contributed by atoms with Gasteiger partial charge in [-0.3, -0.25) is 4.79 Å². The van der Waals surface area contributed by atoms with Crippen LogP contribution in [0.5, 0.6) is 0 Å². The van der Waals surface area contributed by atoms with Crippen molar-refractivity contribution < 1.29 is 9.18 Å². The van der Waals surface area contributed by atoms with Crippen LogP contribution in [0.15, 0.2) is 35.5 Å². The Kier molecular flexibility index (Phi) is 5.55.